The van der Waals surface area contributed by atoms with Crippen molar-refractivity contribution < 1.29 is 27.9 Å². The van der Waals surface area contributed by atoms with Crippen molar-refractivity contribution in [3.63, 3.8) is 0 Å². The van der Waals surface area contributed by atoms with Crippen molar-refractivity contribution in [1.29, 1.82) is 0 Å². The lowest BCUT2D eigenvalue weighted by atomic mass is 9.99. The summed E-state index contributed by atoms with van der Waals surface area (Å²) in [4.78, 5) is 20.2. The number of aliphatic carboxylic acids is 1. The molecule has 0 unspecified atom stereocenters. The number of alkyl halides is 3. The second-order valence-corrected chi connectivity index (χ2v) is 4.81. The van der Waals surface area contributed by atoms with Crippen LogP contribution in [0.1, 0.15) is 21.5 Å². The maximum atomic E-state index is 11.3. The van der Waals surface area contributed by atoms with Crippen LogP contribution in [0.3, 0.4) is 0 Å². The number of aryl methyl sites for hydroxylation is 2. The summed E-state index contributed by atoms with van der Waals surface area (Å²) in [5.74, 6) is -3.11. The minimum Gasteiger partial charge on any atom is -0.475 e. The first-order valence-electron chi connectivity index (χ1n) is 6.93. The predicted octanol–water partition coefficient (Wildman–Crippen LogP) is 3.20. The molecule has 0 spiro atoms. The highest BCUT2D eigenvalue weighted by Gasteiger charge is 2.38. The van der Waals surface area contributed by atoms with Crippen molar-refractivity contribution in [1.82, 2.24) is 0 Å². The first kappa shape index (κ1) is 19.2. The molecular weight excluding hydrogens is 323 g/mol. The Kier molecular flexibility index (Phi) is 6.98. The van der Waals surface area contributed by atoms with Gasteiger partial charge in [-0.25, -0.2) is 4.79 Å². The molecule has 2 aromatic carbocycles. The van der Waals surface area contributed by atoms with Gasteiger partial charge in [0.1, 0.15) is 0 Å². The number of primary amides is 1. The van der Waals surface area contributed by atoms with Gasteiger partial charge >= 0.3 is 12.1 Å². The van der Waals surface area contributed by atoms with Crippen LogP contribution in [-0.4, -0.2) is 23.2 Å². The van der Waals surface area contributed by atoms with E-state index in [4.69, 9.17) is 15.6 Å². The monoisotopic (exact) mass is 339 g/mol. The van der Waals surface area contributed by atoms with Crippen molar-refractivity contribution in [2.45, 2.75) is 19.0 Å². The Hall–Kier alpha value is -2.83. The number of carboxylic acid groups (broad SMARTS) is 1. The van der Waals surface area contributed by atoms with E-state index in [1.54, 1.807) is 6.07 Å². The lowest BCUT2D eigenvalue weighted by Crippen LogP contribution is -2.21. The fourth-order valence-electron chi connectivity index (χ4n) is 1.90. The largest absolute Gasteiger partial charge is 0.490 e. The number of hydrogen-bond donors (Lipinski definition) is 2. The number of benzene rings is 2. The molecule has 0 bridgehead atoms. The van der Waals surface area contributed by atoms with Gasteiger partial charge in [0.2, 0.25) is 5.91 Å². The van der Waals surface area contributed by atoms with Gasteiger partial charge in [-0.3, -0.25) is 4.79 Å². The molecule has 3 N–H and O–H groups in total. The van der Waals surface area contributed by atoms with E-state index < -0.39 is 12.1 Å². The van der Waals surface area contributed by atoms with Gasteiger partial charge in [-0.05, 0) is 30.0 Å². The maximum Gasteiger partial charge on any atom is 0.490 e. The van der Waals surface area contributed by atoms with E-state index in [-0.39, 0.29) is 5.91 Å². The highest BCUT2D eigenvalue weighted by molar-refractivity contribution is 5.94. The molecule has 128 valence electrons. The van der Waals surface area contributed by atoms with E-state index in [1.165, 1.54) is 5.56 Å². The normalized spacial score (nSPS) is 10.5. The van der Waals surface area contributed by atoms with Crippen LogP contribution >= 0.6 is 0 Å². The predicted molar refractivity (Wildman–Crippen MR) is 82.5 cm³/mol. The summed E-state index contributed by atoms with van der Waals surface area (Å²) in [6, 6.07) is 17.7. The first-order chi connectivity index (χ1) is 11.2. The molecule has 0 saturated heterocycles. The molecule has 2 aromatic rings. The van der Waals surface area contributed by atoms with Crippen molar-refractivity contribution in [2.24, 2.45) is 5.73 Å². The van der Waals surface area contributed by atoms with Gasteiger partial charge in [0, 0.05) is 5.56 Å². The van der Waals surface area contributed by atoms with Crippen molar-refractivity contribution in [3.05, 3.63) is 71.3 Å². The molecule has 7 heteroatoms. The zero-order valence-corrected chi connectivity index (χ0v) is 12.6. The molecule has 2 rings (SSSR count). The molecule has 1 amide bonds. The molecule has 0 atom stereocenters. The number of carbonyl (C=O) groups excluding carboxylic acids is 1. The fraction of sp³-hybridized carbons (Fsp3) is 0.176. The average molecular weight is 339 g/mol. The molecule has 0 fully saturated rings. The molecule has 0 heterocycles. The smallest absolute Gasteiger partial charge is 0.475 e. The molecule has 0 aliphatic rings. The van der Waals surface area contributed by atoms with E-state index in [0.717, 1.165) is 18.4 Å². The molecule has 4 nitrogen and oxygen atoms in total. The third-order valence-corrected chi connectivity index (χ3v) is 3.05. The minimum absolute atomic E-state index is 0.353. The second kappa shape index (κ2) is 8.71. The van der Waals surface area contributed by atoms with Gasteiger partial charge in [0.25, 0.3) is 0 Å². The quantitative estimate of drug-likeness (QED) is 0.897. The number of carbonyl (C=O) groups is 2. The van der Waals surface area contributed by atoms with Crippen molar-refractivity contribution >= 4 is 11.9 Å². The Morgan fingerprint density at radius 3 is 1.92 bits per heavy atom. The van der Waals surface area contributed by atoms with E-state index in [2.05, 4.69) is 12.1 Å². The van der Waals surface area contributed by atoms with Gasteiger partial charge in [-0.2, -0.15) is 13.2 Å². The van der Waals surface area contributed by atoms with Crippen LogP contribution in [0.2, 0.25) is 0 Å². The van der Waals surface area contributed by atoms with E-state index in [0.29, 0.717) is 5.56 Å². The number of hydrogen-bond acceptors (Lipinski definition) is 2. The van der Waals surface area contributed by atoms with E-state index >= 15 is 0 Å². The van der Waals surface area contributed by atoms with Gasteiger partial charge in [-0.15, -0.1) is 0 Å². The Balaban J connectivity index is 0.000000351. The summed E-state index contributed by atoms with van der Waals surface area (Å²) < 4.78 is 31.7. The Morgan fingerprint density at radius 2 is 1.42 bits per heavy atom. The number of rotatable bonds is 4. The highest BCUT2D eigenvalue weighted by atomic mass is 19.4. The van der Waals surface area contributed by atoms with E-state index in [9.17, 15) is 18.0 Å². The Labute approximate surface area is 136 Å². The molecule has 0 aromatic heterocycles. The maximum absolute atomic E-state index is 11.3. The lowest BCUT2D eigenvalue weighted by molar-refractivity contribution is -0.192. The summed E-state index contributed by atoms with van der Waals surface area (Å²) in [5.41, 5.74) is 8.26. The van der Waals surface area contributed by atoms with Gasteiger partial charge < -0.3 is 10.8 Å². The molecule has 24 heavy (non-hydrogen) atoms. The summed E-state index contributed by atoms with van der Waals surface area (Å²) in [6.45, 7) is 0. The average Bonchev–Trinajstić information content (AvgIpc) is 2.54. The third-order valence-electron chi connectivity index (χ3n) is 3.05. The fourth-order valence-corrected chi connectivity index (χ4v) is 1.90. The highest BCUT2D eigenvalue weighted by Crippen LogP contribution is 2.13. The van der Waals surface area contributed by atoms with Crippen LogP contribution in [-0.2, 0) is 17.6 Å². The molecule has 0 aliphatic carbocycles. The van der Waals surface area contributed by atoms with Crippen LogP contribution in [0, 0.1) is 0 Å². The SMILES string of the molecule is NC(=O)c1ccccc1CCc1ccccc1.O=C(O)C(F)(F)F. The Morgan fingerprint density at radius 1 is 0.917 bits per heavy atom. The molecule has 0 radical (unpaired) electrons. The third kappa shape index (κ3) is 6.51. The molecule has 0 saturated carbocycles. The van der Waals surface area contributed by atoms with Crippen LogP contribution in [0.4, 0.5) is 13.2 Å². The van der Waals surface area contributed by atoms with Gasteiger partial charge in [0.15, 0.2) is 0 Å². The second-order valence-electron chi connectivity index (χ2n) is 4.81. The number of nitrogens with two attached hydrogens (primary N) is 1. The zero-order chi connectivity index (χ0) is 18.2. The number of carboxylic acids is 1. The molecular formula is C17H16F3NO3. The minimum atomic E-state index is -5.08. The summed E-state index contributed by atoms with van der Waals surface area (Å²) in [7, 11) is 0. The van der Waals surface area contributed by atoms with Crippen LogP contribution in [0.5, 0.6) is 0 Å². The van der Waals surface area contributed by atoms with Crippen LogP contribution < -0.4 is 5.73 Å². The summed E-state index contributed by atoms with van der Waals surface area (Å²) >= 11 is 0. The van der Waals surface area contributed by atoms with Crippen molar-refractivity contribution in [2.75, 3.05) is 0 Å². The zero-order valence-electron chi connectivity index (χ0n) is 12.6. The lowest BCUT2D eigenvalue weighted by Gasteiger charge is -2.06. The van der Waals surface area contributed by atoms with Crippen LogP contribution in [0.15, 0.2) is 54.6 Å². The number of amides is 1. The van der Waals surface area contributed by atoms with Crippen molar-refractivity contribution in [3.8, 4) is 0 Å². The van der Waals surface area contributed by atoms with Gasteiger partial charge in [0.05, 0.1) is 0 Å². The molecule has 0 aliphatic heterocycles. The van der Waals surface area contributed by atoms with Gasteiger partial charge in [-0.1, -0.05) is 48.5 Å². The number of halogens is 3. The van der Waals surface area contributed by atoms with Crippen LogP contribution in [0.25, 0.3) is 0 Å². The topological polar surface area (TPSA) is 80.4 Å². The summed E-state index contributed by atoms with van der Waals surface area (Å²) in [5, 5.41) is 7.12. The first-order valence-corrected chi connectivity index (χ1v) is 6.93. The summed E-state index contributed by atoms with van der Waals surface area (Å²) in [6.07, 6.45) is -3.33. The Bertz CT molecular complexity index is 685. The standard InChI is InChI=1S/C15H15NO.C2HF3O2/c16-15(17)14-9-5-4-8-13(14)11-10-12-6-2-1-3-7-12;3-2(4,5)1(6)7/h1-9H,10-11H2,(H2,16,17);(H,6,7). The van der Waals surface area contributed by atoms with E-state index in [1.807, 2.05) is 36.4 Å².